The zero-order valence-corrected chi connectivity index (χ0v) is 18.0. The number of rotatable bonds is 8. The first-order chi connectivity index (χ1) is 15.2. The van der Waals surface area contributed by atoms with Gasteiger partial charge >= 0.3 is 0 Å². The Hall–Kier alpha value is -3.08. The zero-order chi connectivity index (χ0) is 21.2. The van der Waals surface area contributed by atoms with Crippen LogP contribution < -0.4 is 4.74 Å². The lowest BCUT2D eigenvalue weighted by Gasteiger charge is -2.32. The molecule has 5 rings (SSSR count). The molecular formula is C26H29N3O2. The number of benzene rings is 2. The quantitative estimate of drug-likeness (QED) is 0.487. The number of nitrogens with zero attached hydrogens (tertiary/aromatic N) is 3. The molecule has 0 spiro atoms. The molecule has 0 bridgehead atoms. The lowest BCUT2D eigenvalue weighted by Crippen LogP contribution is -2.39. The van der Waals surface area contributed by atoms with Crippen molar-refractivity contribution >= 4 is 5.91 Å². The molecule has 2 aromatic carbocycles. The number of aromatic nitrogens is 2. The van der Waals surface area contributed by atoms with Crippen LogP contribution in [-0.4, -0.2) is 27.1 Å². The first kappa shape index (κ1) is 19.9. The Balaban J connectivity index is 1.51. The van der Waals surface area contributed by atoms with Gasteiger partial charge in [0, 0.05) is 12.5 Å². The molecule has 0 unspecified atom stereocenters. The average molecular weight is 416 g/mol. The average Bonchev–Trinajstić information content (AvgIpc) is 3.52. The Morgan fingerprint density at radius 1 is 1.03 bits per heavy atom. The molecule has 2 aliphatic carbocycles. The van der Waals surface area contributed by atoms with Crippen molar-refractivity contribution in [2.24, 2.45) is 11.8 Å². The highest BCUT2D eigenvalue weighted by atomic mass is 16.5. The number of carbonyl (C=O) groups is 1. The fraction of sp³-hybridized carbons (Fsp3) is 0.385. The second kappa shape index (κ2) is 8.58. The van der Waals surface area contributed by atoms with E-state index in [4.69, 9.17) is 9.84 Å². The molecule has 2 aliphatic rings. The van der Waals surface area contributed by atoms with Gasteiger partial charge in [-0.05, 0) is 62.8 Å². The maximum Gasteiger partial charge on any atom is 0.227 e. The van der Waals surface area contributed by atoms with Crippen LogP contribution in [0.1, 0.15) is 43.4 Å². The molecule has 0 aliphatic heterocycles. The minimum Gasteiger partial charge on any atom is -0.439 e. The Bertz CT molecular complexity index is 1040. The van der Waals surface area contributed by atoms with Crippen LogP contribution in [0.3, 0.4) is 0 Å². The van der Waals surface area contributed by atoms with Crippen molar-refractivity contribution in [3.8, 4) is 17.3 Å². The number of amides is 1. The SMILES string of the molecule is Cc1nn(-c2ccccc2)c(Oc2ccccc2)c1CN(CC1CC1)C(=O)C1CCC1. The van der Waals surface area contributed by atoms with Gasteiger partial charge in [0.05, 0.1) is 23.5 Å². The second-order valence-electron chi connectivity index (χ2n) is 8.82. The van der Waals surface area contributed by atoms with E-state index in [1.807, 2.05) is 72.3 Å². The Labute approximate surface area is 183 Å². The predicted octanol–water partition coefficient (Wildman–Crippen LogP) is 5.51. The molecule has 1 aromatic heterocycles. The predicted molar refractivity (Wildman–Crippen MR) is 120 cm³/mol. The number of para-hydroxylation sites is 2. The van der Waals surface area contributed by atoms with Crippen molar-refractivity contribution in [2.75, 3.05) is 6.54 Å². The van der Waals surface area contributed by atoms with Crippen LogP contribution in [0.25, 0.3) is 5.69 Å². The summed E-state index contributed by atoms with van der Waals surface area (Å²) in [6.45, 7) is 3.40. The van der Waals surface area contributed by atoms with Crippen LogP contribution in [0.15, 0.2) is 60.7 Å². The number of carbonyl (C=O) groups excluding carboxylic acids is 1. The first-order valence-corrected chi connectivity index (χ1v) is 11.3. The van der Waals surface area contributed by atoms with Crippen LogP contribution in [0.4, 0.5) is 0 Å². The van der Waals surface area contributed by atoms with Crippen LogP contribution in [-0.2, 0) is 11.3 Å². The lowest BCUT2D eigenvalue weighted by atomic mass is 9.84. The molecule has 0 N–H and O–H groups in total. The third-order valence-electron chi connectivity index (χ3n) is 6.39. The van der Waals surface area contributed by atoms with Crippen molar-refractivity contribution in [1.29, 1.82) is 0 Å². The molecule has 1 amide bonds. The maximum absolute atomic E-state index is 13.2. The fourth-order valence-corrected chi connectivity index (χ4v) is 4.12. The lowest BCUT2D eigenvalue weighted by molar-refractivity contribution is -0.139. The third-order valence-corrected chi connectivity index (χ3v) is 6.39. The largest absolute Gasteiger partial charge is 0.439 e. The highest BCUT2D eigenvalue weighted by Crippen LogP contribution is 2.36. The van der Waals surface area contributed by atoms with Crippen molar-refractivity contribution < 1.29 is 9.53 Å². The van der Waals surface area contributed by atoms with Crippen molar-refractivity contribution in [1.82, 2.24) is 14.7 Å². The van der Waals surface area contributed by atoms with E-state index in [2.05, 4.69) is 4.90 Å². The zero-order valence-electron chi connectivity index (χ0n) is 18.0. The van der Waals surface area contributed by atoms with E-state index < -0.39 is 0 Å². The minimum absolute atomic E-state index is 0.196. The van der Waals surface area contributed by atoms with Crippen molar-refractivity contribution in [3.05, 3.63) is 71.9 Å². The van der Waals surface area contributed by atoms with Gasteiger partial charge in [-0.3, -0.25) is 4.79 Å². The normalized spacial score (nSPS) is 16.0. The van der Waals surface area contributed by atoms with Crippen molar-refractivity contribution in [3.63, 3.8) is 0 Å². The highest BCUT2D eigenvalue weighted by molar-refractivity contribution is 5.79. The molecule has 5 heteroatoms. The number of hydrogen-bond acceptors (Lipinski definition) is 3. The number of hydrogen-bond donors (Lipinski definition) is 0. The van der Waals surface area contributed by atoms with Crippen LogP contribution in [0, 0.1) is 18.8 Å². The molecule has 0 saturated heterocycles. The maximum atomic E-state index is 13.2. The Morgan fingerprint density at radius 2 is 1.71 bits per heavy atom. The molecule has 31 heavy (non-hydrogen) atoms. The summed E-state index contributed by atoms with van der Waals surface area (Å²) in [6, 6.07) is 19.8. The summed E-state index contributed by atoms with van der Waals surface area (Å²) in [4.78, 5) is 15.3. The van der Waals surface area contributed by atoms with Crippen LogP contribution >= 0.6 is 0 Å². The molecule has 2 fully saturated rings. The molecule has 0 radical (unpaired) electrons. The van der Waals surface area contributed by atoms with Gasteiger partial charge in [-0.25, -0.2) is 4.68 Å². The number of aryl methyl sites for hydroxylation is 1. The van der Waals surface area contributed by atoms with Crippen LogP contribution in [0.5, 0.6) is 11.6 Å². The molecule has 5 nitrogen and oxygen atoms in total. The van der Waals surface area contributed by atoms with Gasteiger partial charge < -0.3 is 9.64 Å². The molecule has 3 aromatic rings. The summed E-state index contributed by atoms with van der Waals surface area (Å²) in [7, 11) is 0. The summed E-state index contributed by atoms with van der Waals surface area (Å²) in [5.41, 5.74) is 2.83. The van der Waals surface area contributed by atoms with Gasteiger partial charge in [-0.2, -0.15) is 5.10 Å². The standard InChI is InChI=1S/C26H29N3O2/c1-19-24(18-28(17-20-15-16-20)25(30)21-9-8-10-21)26(31-23-13-6-3-7-14-23)29(27-19)22-11-4-2-5-12-22/h2-7,11-14,20-21H,8-10,15-18H2,1H3. The van der Waals surface area contributed by atoms with Crippen molar-refractivity contribution in [2.45, 2.75) is 45.6 Å². The van der Waals surface area contributed by atoms with E-state index in [-0.39, 0.29) is 5.92 Å². The third kappa shape index (κ3) is 4.36. The van der Waals surface area contributed by atoms with Gasteiger partial charge in [0.2, 0.25) is 11.8 Å². The smallest absolute Gasteiger partial charge is 0.227 e. The highest BCUT2D eigenvalue weighted by Gasteiger charge is 2.34. The Morgan fingerprint density at radius 3 is 2.32 bits per heavy atom. The fourth-order valence-electron chi connectivity index (χ4n) is 4.12. The molecule has 0 atom stereocenters. The molecule has 2 saturated carbocycles. The topological polar surface area (TPSA) is 47.4 Å². The molecule has 160 valence electrons. The van der Waals surface area contributed by atoms with Gasteiger partial charge in [-0.1, -0.05) is 42.8 Å². The van der Waals surface area contributed by atoms with E-state index in [1.54, 1.807) is 0 Å². The first-order valence-electron chi connectivity index (χ1n) is 11.3. The Kier molecular flexibility index (Phi) is 5.49. The van der Waals surface area contributed by atoms with Gasteiger partial charge in [-0.15, -0.1) is 0 Å². The summed E-state index contributed by atoms with van der Waals surface area (Å²) in [5.74, 6) is 2.60. The summed E-state index contributed by atoms with van der Waals surface area (Å²) < 4.78 is 8.24. The van der Waals surface area contributed by atoms with E-state index >= 15 is 0 Å². The van der Waals surface area contributed by atoms with Crippen LogP contribution in [0.2, 0.25) is 0 Å². The van der Waals surface area contributed by atoms with E-state index in [0.29, 0.717) is 24.2 Å². The van der Waals surface area contributed by atoms with Gasteiger partial charge in [0.1, 0.15) is 5.75 Å². The van der Waals surface area contributed by atoms with Gasteiger partial charge in [0.15, 0.2) is 0 Å². The number of ether oxygens (including phenoxy) is 1. The van der Waals surface area contributed by atoms with E-state index in [1.165, 1.54) is 19.3 Å². The van der Waals surface area contributed by atoms with Gasteiger partial charge in [0.25, 0.3) is 0 Å². The monoisotopic (exact) mass is 415 g/mol. The summed E-state index contributed by atoms with van der Waals surface area (Å²) in [5, 5.41) is 4.82. The minimum atomic E-state index is 0.196. The molecule has 1 heterocycles. The summed E-state index contributed by atoms with van der Waals surface area (Å²) in [6.07, 6.45) is 5.67. The second-order valence-corrected chi connectivity index (χ2v) is 8.82. The van der Waals surface area contributed by atoms with E-state index in [0.717, 1.165) is 42.1 Å². The van der Waals surface area contributed by atoms with E-state index in [9.17, 15) is 4.79 Å². The summed E-state index contributed by atoms with van der Waals surface area (Å²) >= 11 is 0. The molecular weight excluding hydrogens is 386 g/mol.